The third kappa shape index (κ3) is 4.49. The molecule has 0 amide bonds. The van der Waals surface area contributed by atoms with Gasteiger partial charge in [-0.3, -0.25) is 4.98 Å². The van der Waals surface area contributed by atoms with Gasteiger partial charge in [0.25, 0.3) is 0 Å². The van der Waals surface area contributed by atoms with Crippen molar-refractivity contribution in [2.24, 2.45) is 0 Å². The molecule has 3 nitrogen and oxygen atoms in total. The predicted molar refractivity (Wildman–Crippen MR) is 87.2 cm³/mol. The van der Waals surface area contributed by atoms with Crippen LogP contribution < -0.4 is 0 Å². The number of pyridine rings is 1. The summed E-state index contributed by atoms with van der Waals surface area (Å²) in [6.07, 6.45) is -1.59. The molecule has 0 saturated carbocycles. The van der Waals surface area contributed by atoms with Crippen molar-refractivity contribution in [3.63, 3.8) is 0 Å². The molecular weight excluding hydrogens is 335 g/mol. The fourth-order valence-corrected chi connectivity index (χ4v) is 3.27. The number of alkyl halides is 3. The number of hydrogen-bond donors (Lipinski definition) is 0. The van der Waals surface area contributed by atoms with Crippen molar-refractivity contribution in [2.75, 3.05) is 6.54 Å². The van der Waals surface area contributed by atoms with Gasteiger partial charge in [-0.25, -0.2) is 4.31 Å². The standard InChI is InChI=1S/C17H16F3N3S/c1-3-23(24-15-8-13(9-21)10-22-11-15)16(17(18,19)20)14-6-4-12(2)5-7-14/h4-8,10-11,16H,3H2,1-2H3/t16-/m1/s1. The zero-order valence-electron chi connectivity index (χ0n) is 13.2. The average Bonchev–Trinajstić information content (AvgIpc) is 2.55. The molecule has 24 heavy (non-hydrogen) atoms. The van der Waals surface area contributed by atoms with Gasteiger partial charge >= 0.3 is 6.18 Å². The molecular formula is C17H16F3N3S. The van der Waals surface area contributed by atoms with E-state index in [0.29, 0.717) is 10.5 Å². The van der Waals surface area contributed by atoms with Crippen LogP contribution in [0.15, 0.2) is 47.6 Å². The van der Waals surface area contributed by atoms with Crippen molar-refractivity contribution < 1.29 is 13.2 Å². The Hall–Kier alpha value is -2.04. The molecule has 1 atom stereocenters. The molecule has 0 unspecified atom stereocenters. The number of benzene rings is 1. The van der Waals surface area contributed by atoms with Gasteiger partial charge in [0.2, 0.25) is 0 Å². The lowest BCUT2D eigenvalue weighted by atomic mass is 10.0. The number of aryl methyl sites for hydroxylation is 1. The summed E-state index contributed by atoms with van der Waals surface area (Å²) in [5.41, 5.74) is 1.41. The summed E-state index contributed by atoms with van der Waals surface area (Å²) >= 11 is 0.952. The molecule has 0 saturated heterocycles. The highest BCUT2D eigenvalue weighted by molar-refractivity contribution is 7.97. The van der Waals surface area contributed by atoms with Gasteiger partial charge in [-0.15, -0.1) is 0 Å². The Kier molecular flexibility index (Phi) is 5.86. The summed E-state index contributed by atoms with van der Waals surface area (Å²) in [5.74, 6) is 0. The van der Waals surface area contributed by atoms with E-state index in [1.807, 2.05) is 13.0 Å². The fourth-order valence-electron chi connectivity index (χ4n) is 2.23. The van der Waals surface area contributed by atoms with E-state index < -0.39 is 12.2 Å². The quantitative estimate of drug-likeness (QED) is 0.719. The van der Waals surface area contributed by atoms with E-state index in [2.05, 4.69) is 4.98 Å². The summed E-state index contributed by atoms with van der Waals surface area (Å²) in [5, 5.41) is 8.90. The average molecular weight is 351 g/mol. The molecule has 2 aromatic rings. The minimum absolute atomic E-state index is 0.180. The van der Waals surface area contributed by atoms with Crippen LogP contribution in [-0.2, 0) is 0 Å². The maximum absolute atomic E-state index is 13.7. The van der Waals surface area contributed by atoms with Gasteiger partial charge in [-0.05, 0) is 30.5 Å². The van der Waals surface area contributed by atoms with Gasteiger partial charge in [0.05, 0.1) is 5.56 Å². The molecule has 0 N–H and O–H groups in total. The SMILES string of the molecule is CCN(Sc1cncc(C#N)c1)[C@H](c1ccc(C)cc1)C(F)(F)F. The topological polar surface area (TPSA) is 39.9 Å². The maximum Gasteiger partial charge on any atom is 0.408 e. The van der Waals surface area contributed by atoms with Crippen LogP contribution in [0.2, 0.25) is 0 Å². The minimum atomic E-state index is -4.42. The zero-order valence-corrected chi connectivity index (χ0v) is 14.0. The Morgan fingerprint density at radius 2 is 1.92 bits per heavy atom. The Balaban J connectivity index is 2.35. The van der Waals surface area contributed by atoms with Crippen LogP contribution in [0.5, 0.6) is 0 Å². The smallest absolute Gasteiger partial charge is 0.262 e. The van der Waals surface area contributed by atoms with Crippen LogP contribution in [0.25, 0.3) is 0 Å². The van der Waals surface area contributed by atoms with Crippen molar-refractivity contribution in [1.29, 1.82) is 5.26 Å². The van der Waals surface area contributed by atoms with E-state index in [4.69, 9.17) is 5.26 Å². The van der Waals surface area contributed by atoms with Crippen molar-refractivity contribution in [1.82, 2.24) is 9.29 Å². The number of hydrogen-bond acceptors (Lipinski definition) is 4. The van der Waals surface area contributed by atoms with Crippen LogP contribution in [0.1, 0.15) is 29.7 Å². The van der Waals surface area contributed by atoms with E-state index in [0.717, 1.165) is 17.5 Å². The van der Waals surface area contributed by atoms with Crippen molar-refractivity contribution in [3.8, 4) is 6.07 Å². The molecule has 2 rings (SSSR count). The van der Waals surface area contributed by atoms with Crippen LogP contribution >= 0.6 is 11.9 Å². The lowest BCUT2D eigenvalue weighted by Crippen LogP contribution is -2.34. The predicted octanol–water partition coefficient (Wildman–Crippen LogP) is 4.89. The van der Waals surface area contributed by atoms with Gasteiger partial charge in [-0.2, -0.15) is 18.4 Å². The van der Waals surface area contributed by atoms with Crippen molar-refractivity contribution in [3.05, 3.63) is 59.4 Å². The van der Waals surface area contributed by atoms with Crippen LogP contribution in [-0.4, -0.2) is 22.0 Å². The van der Waals surface area contributed by atoms with E-state index in [1.165, 1.54) is 34.9 Å². The number of nitrogens with zero attached hydrogens (tertiary/aromatic N) is 3. The Morgan fingerprint density at radius 3 is 2.46 bits per heavy atom. The normalized spacial score (nSPS) is 12.9. The molecule has 1 aromatic carbocycles. The van der Waals surface area contributed by atoms with E-state index in [9.17, 15) is 13.2 Å². The number of nitriles is 1. The van der Waals surface area contributed by atoms with Crippen LogP contribution in [0.4, 0.5) is 13.2 Å². The first-order valence-electron chi connectivity index (χ1n) is 7.28. The second-order valence-corrected chi connectivity index (χ2v) is 6.32. The van der Waals surface area contributed by atoms with Gasteiger partial charge < -0.3 is 0 Å². The minimum Gasteiger partial charge on any atom is -0.262 e. The lowest BCUT2D eigenvalue weighted by molar-refractivity contribution is -0.172. The lowest BCUT2D eigenvalue weighted by Gasteiger charge is -2.31. The summed E-state index contributed by atoms with van der Waals surface area (Å²) in [6, 6.07) is 8.08. The Morgan fingerprint density at radius 1 is 1.25 bits per heavy atom. The van der Waals surface area contributed by atoms with Gasteiger partial charge in [0.15, 0.2) is 0 Å². The van der Waals surface area contributed by atoms with Gasteiger partial charge in [0.1, 0.15) is 12.1 Å². The van der Waals surface area contributed by atoms with Crippen molar-refractivity contribution in [2.45, 2.75) is 31.0 Å². The molecule has 0 bridgehead atoms. The Labute approximate surface area is 143 Å². The monoisotopic (exact) mass is 351 g/mol. The van der Waals surface area contributed by atoms with Gasteiger partial charge in [0, 0.05) is 23.8 Å². The summed E-state index contributed by atoms with van der Waals surface area (Å²) in [6.45, 7) is 3.68. The summed E-state index contributed by atoms with van der Waals surface area (Å²) in [4.78, 5) is 4.39. The fraction of sp³-hybridized carbons (Fsp3) is 0.294. The second kappa shape index (κ2) is 7.69. The van der Waals surface area contributed by atoms with E-state index in [-0.39, 0.29) is 12.1 Å². The highest BCUT2D eigenvalue weighted by Crippen LogP contribution is 2.42. The summed E-state index contributed by atoms with van der Waals surface area (Å²) < 4.78 is 42.3. The molecule has 0 fully saturated rings. The first kappa shape index (κ1) is 18.3. The second-order valence-electron chi connectivity index (χ2n) is 5.20. The molecule has 0 radical (unpaired) electrons. The molecule has 126 valence electrons. The zero-order chi connectivity index (χ0) is 17.7. The highest BCUT2D eigenvalue weighted by atomic mass is 32.2. The third-order valence-electron chi connectivity index (χ3n) is 3.37. The molecule has 1 aromatic heterocycles. The van der Waals surface area contributed by atoms with Crippen molar-refractivity contribution >= 4 is 11.9 Å². The highest BCUT2D eigenvalue weighted by Gasteiger charge is 2.44. The van der Waals surface area contributed by atoms with Crippen LogP contribution in [0.3, 0.4) is 0 Å². The van der Waals surface area contributed by atoms with Crippen LogP contribution in [0, 0.1) is 18.3 Å². The summed E-state index contributed by atoms with van der Waals surface area (Å²) in [7, 11) is 0. The van der Waals surface area contributed by atoms with Gasteiger partial charge in [-0.1, -0.05) is 36.8 Å². The molecule has 7 heteroatoms. The third-order valence-corrected chi connectivity index (χ3v) is 4.51. The number of aromatic nitrogens is 1. The Bertz CT molecular complexity index is 723. The van der Waals surface area contributed by atoms with E-state index in [1.54, 1.807) is 19.1 Å². The first-order valence-corrected chi connectivity index (χ1v) is 8.05. The number of rotatable bonds is 5. The number of halogens is 3. The molecule has 0 aliphatic rings. The largest absolute Gasteiger partial charge is 0.408 e. The van der Waals surface area contributed by atoms with E-state index >= 15 is 0 Å². The molecule has 0 spiro atoms. The maximum atomic E-state index is 13.7. The molecule has 0 aliphatic carbocycles. The molecule has 1 heterocycles. The molecule has 0 aliphatic heterocycles. The first-order chi connectivity index (χ1) is 11.3.